The van der Waals surface area contributed by atoms with Crippen LogP contribution in [0.25, 0.3) is 0 Å². The van der Waals surface area contributed by atoms with Crippen LogP contribution < -0.4 is 10.6 Å². The summed E-state index contributed by atoms with van der Waals surface area (Å²) < 4.78 is 0.787. The van der Waals surface area contributed by atoms with Crippen molar-refractivity contribution in [3.05, 3.63) is 38.9 Å². The van der Waals surface area contributed by atoms with Gasteiger partial charge in [-0.25, -0.2) is 9.97 Å². The molecule has 0 spiro atoms. The fourth-order valence-corrected chi connectivity index (χ4v) is 2.70. The topological polar surface area (TPSA) is 66.9 Å². The second-order valence-electron chi connectivity index (χ2n) is 4.41. The van der Waals surface area contributed by atoms with Crippen LogP contribution in [-0.4, -0.2) is 29.0 Å². The maximum atomic E-state index is 12.3. The molecule has 7 heteroatoms. The maximum absolute atomic E-state index is 12.3. The third-order valence-corrected chi connectivity index (χ3v) is 4.02. The molecule has 5 nitrogen and oxygen atoms in total. The van der Waals surface area contributed by atoms with Gasteiger partial charge in [-0.1, -0.05) is 6.92 Å². The number of anilines is 1. The first-order valence-electron chi connectivity index (χ1n) is 6.76. The van der Waals surface area contributed by atoms with Gasteiger partial charge in [-0.15, -0.1) is 11.3 Å². The third kappa shape index (κ3) is 4.78. The highest BCUT2D eigenvalue weighted by molar-refractivity contribution is 9.10. The zero-order valence-corrected chi connectivity index (χ0v) is 14.1. The van der Waals surface area contributed by atoms with E-state index < -0.39 is 0 Å². The lowest BCUT2D eigenvalue weighted by Crippen LogP contribution is -2.27. The van der Waals surface area contributed by atoms with Crippen LogP contribution in [0.4, 0.5) is 5.82 Å². The minimum absolute atomic E-state index is 0.126. The summed E-state index contributed by atoms with van der Waals surface area (Å²) in [6.07, 6.45) is 5.17. The fourth-order valence-electron chi connectivity index (χ4n) is 1.75. The Morgan fingerprint density at radius 3 is 2.95 bits per heavy atom. The molecule has 2 heterocycles. The number of carbonyl (C=O) groups is 1. The smallest absolute Gasteiger partial charge is 0.255 e. The number of nitrogens with one attached hydrogen (secondary N) is 2. The summed E-state index contributed by atoms with van der Waals surface area (Å²) in [6, 6.07) is 1.78. The van der Waals surface area contributed by atoms with Gasteiger partial charge in [0.2, 0.25) is 0 Å². The largest absolute Gasteiger partial charge is 0.369 e. The van der Waals surface area contributed by atoms with E-state index in [1.807, 2.05) is 5.38 Å². The average molecular weight is 369 g/mol. The van der Waals surface area contributed by atoms with Gasteiger partial charge in [-0.05, 0) is 28.4 Å². The summed E-state index contributed by atoms with van der Waals surface area (Å²) in [5.41, 5.74) is 0.553. The Labute approximate surface area is 136 Å². The van der Waals surface area contributed by atoms with Crippen LogP contribution in [-0.2, 0) is 6.42 Å². The lowest BCUT2D eigenvalue weighted by atomic mass is 10.2. The molecular weight excluding hydrogens is 352 g/mol. The molecule has 112 valence electrons. The first-order valence-corrected chi connectivity index (χ1v) is 8.44. The van der Waals surface area contributed by atoms with E-state index in [1.165, 1.54) is 0 Å². The SMILES string of the molecule is CCCNc1ncc(Br)cc1C(=O)NCCc1nccs1. The van der Waals surface area contributed by atoms with Crippen LogP contribution in [0, 0.1) is 0 Å². The van der Waals surface area contributed by atoms with Gasteiger partial charge in [0.05, 0.1) is 10.6 Å². The number of pyridine rings is 1. The van der Waals surface area contributed by atoms with Crippen molar-refractivity contribution >= 4 is 39.0 Å². The Morgan fingerprint density at radius 1 is 1.38 bits per heavy atom. The van der Waals surface area contributed by atoms with Crippen LogP contribution in [0.2, 0.25) is 0 Å². The molecule has 21 heavy (non-hydrogen) atoms. The van der Waals surface area contributed by atoms with Gasteiger partial charge in [0.25, 0.3) is 5.91 Å². The van der Waals surface area contributed by atoms with Crippen molar-refractivity contribution in [2.75, 3.05) is 18.4 Å². The zero-order valence-electron chi connectivity index (χ0n) is 11.7. The van der Waals surface area contributed by atoms with Crippen molar-refractivity contribution in [2.24, 2.45) is 0 Å². The first kappa shape index (κ1) is 15.9. The van der Waals surface area contributed by atoms with Crippen LogP contribution >= 0.6 is 27.3 Å². The molecular formula is C14H17BrN4OS. The molecule has 0 saturated carbocycles. The standard InChI is InChI=1S/C14H17BrN4OS/c1-2-4-17-13-11(8-10(15)9-19-13)14(20)18-5-3-12-16-6-7-21-12/h6-9H,2-5H2,1H3,(H,17,19)(H,18,20). The zero-order chi connectivity index (χ0) is 15.1. The van der Waals surface area contributed by atoms with Gasteiger partial charge in [0.15, 0.2) is 0 Å². The molecule has 0 aromatic carbocycles. The van der Waals surface area contributed by atoms with E-state index in [0.29, 0.717) is 17.9 Å². The Morgan fingerprint density at radius 2 is 2.24 bits per heavy atom. The molecule has 0 aliphatic heterocycles. The van der Waals surface area contributed by atoms with Crippen molar-refractivity contribution in [1.82, 2.24) is 15.3 Å². The van der Waals surface area contributed by atoms with E-state index in [1.54, 1.807) is 29.8 Å². The summed E-state index contributed by atoms with van der Waals surface area (Å²) in [4.78, 5) is 20.7. The molecule has 2 aromatic heterocycles. The lowest BCUT2D eigenvalue weighted by Gasteiger charge is -2.11. The number of hydrogen-bond acceptors (Lipinski definition) is 5. The Balaban J connectivity index is 1.98. The molecule has 0 saturated heterocycles. The van der Waals surface area contributed by atoms with E-state index >= 15 is 0 Å². The van der Waals surface area contributed by atoms with Gasteiger partial charge in [0.1, 0.15) is 5.82 Å². The first-order chi connectivity index (χ1) is 10.2. The molecule has 0 unspecified atom stereocenters. The lowest BCUT2D eigenvalue weighted by molar-refractivity contribution is 0.0954. The second kappa shape index (κ2) is 8.09. The Hall–Kier alpha value is -1.47. The van der Waals surface area contributed by atoms with Crippen LogP contribution in [0.15, 0.2) is 28.3 Å². The van der Waals surface area contributed by atoms with Crippen LogP contribution in [0.1, 0.15) is 28.7 Å². The van der Waals surface area contributed by atoms with E-state index in [9.17, 15) is 4.79 Å². The second-order valence-corrected chi connectivity index (χ2v) is 6.30. The third-order valence-electron chi connectivity index (χ3n) is 2.75. The molecule has 0 bridgehead atoms. The minimum Gasteiger partial charge on any atom is -0.369 e. The molecule has 2 N–H and O–H groups in total. The van der Waals surface area contributed by atoms with Gasteiger partial charge in [-0.2, -0.15) is 0 Å². The summed E-state index contributed by atoms with van der Waals surface area (Å²) in [5.74, 6) is 0.491. The fraction of sp³-hybridized carbons (Fsp3) is 0.357. The van der Waals surface area contributed by atoms with Crippen LogP contribution in [0.3, 0.4) is 0 Å². The van der Waals surface area contributed by atoms with Gasteiger partial charge >= 0.3 is 0 Å². The number of carbonyl (C=O) groups excluding carboxylic acids is 1. The van der Waals surface area contributed by atoms with Gasteiger partial charge in [0, 0.05) is 41.8 Å². The average Bonchev–Trinajstić information content (AvgIpc) is 2.99. The van der Waals surface area contributed by atoms with Crippen molar-refractivity contribution in [3.63, 3.8) is 0 Å². The molecule has 0 atom stereocenters. The Kier molecular flexibility index (Phi) is 6.13. The molecule has 0 aliphatic rings. The Bertz CT molecular complexity index is 589. The number of amides is 1. The number of rotatable bonds is 7. The van der Waals surface area contributed by atoms with E-state index in [4.69, 9.17) is 0 Å². The predicted octanol–water partition coefficient (Wildman–Crippen LogP) is 3.10. The van der Waals surface area contributed by atoms with Gasteiger partial charge < -0.3 is 10.6 Å². The predicted molar refractivity (Wildman–Crippen MR) is 88.9 cm³/mol. The van der Waals surface area contributed by atoms with E-state index in [-0.39, 0.29) is 5.91 Å². The minimum atomic E-state index is -0.126. The van der Waals surface area contributed by atoms with Crippen molar-refractivity contribution in [3.8, 4) is 0 Å². The number of hydrogen-bond donors (Lipinski definition) is 2. The molecule has 0 aliphatic carbocycles. The summed E-state index contributed by atoms with van der Waals surface area (Å²) >= 11 is 4.95. The highest BCUT2D eigenvalue weighted by Gasteiger charge is 2.13. The normalized spacial score (nSPS) is 10.4. The van der Waals surface area contributed by atoms with Crippen molar-refractivity contribution in [2.45, 2.75) is 19.8 Å². The number of aromatic nitrogens is 2. The summed E-state index contributed by atoms with van der Waals surface area (Å²) in [6.45, 7) is 3.42. The molecule has 2 aromatic rings. The quantitative estimate of drug-likeness (QED) is 0.787. The number of thiazole rings is 1. The maximum Gasteiger partial charge on any atom is 0.255 e. The summed E-state index contributed by atoms with van der Waals surface area (Å²) in [5, 5.41) is 9.03. The van der Waals surface area contributed by atoms with Crippen LogP contribution in [0.5, 0.6) is 0 Å². The molecule has 0 fully saturated rings. The number of nitrogens with zero attached hydrogens (tertiary/aromatic N) is 2. The van der Waals surface area contributed by atoms with E-state index in [2.05, 4.69) is 43.5 Å². The summed E-state index contributed by atoms with van der Waals surface area (Å²) in [7, 11) is 0. The van der Waals surface area contributed by atoms with E-state index in [0.717, 1.165) is 28.9 Å². The van der Waals surface area contributed by atoms with Crippen molar-refractivity contribution < 1.29 is 4.79 Å². The highest BCUT2D eigenvalue weighted by atomic mass is 79.9. The van der Waals surface area contributed by atoms with Gasteiger partial charge in [-0.3, -0.25) is 4.79 Å². The highest BCUT2D eigenvalue weighted by Crippen LogP contribution is 2.18. The number of halogens is 1. The molecule has 2 rings (SSSR count). The molecule has 0 radical (unpaired) electrons. The molecule has 1 amide bonds. The van der Waals surface area contributed by atoms with Crippen molar-refractivity contribution in [1.29, 1.82) is 0 Å². The monoisotopic (exact) mass is 368 g/mol.